The van der Waals surface area contributed by atoms with Gasteiger partial charge in [0.1, 0.15) is 0 Å². The van der Waals surface area contributed by atoms with Gasteiger partial charge in [0.05, 0.1) is 0 Å². The third kappa shape index (κ3) is 4.52. The van der Waals surface area contributed by atoms with Gasteiger partial charge in [-0.3, -0.25) is 0 Å². The number of hydrogen-bond donors (Lipinski definition) is 0. The lowest BCUT2D eigenvalue weighted by Crippen LogP contribution is -2.34. The average Bonchev–Trinajstić information content (AvgIpc) is 2.77. The first-order chi connectivity index (χ1) is 15.1. The van der Waals surface area contributed by atoms with Gasteiger partial charge in [-0.2, -0.15) is 0 Å². The van der Waals surface area contributed by atoms with Crippen LogP contribution in [0, 0.1) is 0 Å². The molecule has 0 fully saturated rings. The van der Waals surface area contributed by atoms with E-state index >= 15 is 0 Å². The molecule has 0 aliphatic carbocycles. The first-order valence-corrected chi connectivity index (χ1v) is 14.8. The monoisotopic (exact) mass is 462 g/mol. The van der Waals surface area contributed by atoms with E-state index < -0.39 is 6.04 Å². The van der Waals surface area contributed by atoms with Crippen molar-refractivity contribution in [3.05, 3.63) is 89.0 Å². The Morgan fingerprint density at radius 1 is 0.469 bits per heavy atom. The Morgan fingerprint density at radius 3 is 1.06 bits per heavy atom. The molecule has 170 valence electrons. The molecule has 0 bridgehead atoms. The molecular weight excluding hydrogens is 423 g/mol. The zero-order valence-corrected chi connectivity index (χ0v) is 22.7. The smallest absolute Gasteiger partial charge is 0.0390 e. The molecule has 32 heavy (non-hydrogen) atoms. The molecule has 0 aromatic heterocycles. The highest BCUT2D eigenvalue weighted by Gasteiger charge is 2.35. The van der Waals surface area contributed by atoms with Crippen LogP contribution in [0.1, 0.15) is 101 Å². The molecule has 3 aromatic rings. The molecule has 3 rings (SSSR count). The fourth-order valence-electron chi connectivity index (χ4n) is 4.76. The maximum Gasteiger partial charge on any atom is 0.0390 e. The van der Waals surface area contributed by atoms with Crippen LogP contribution >= 0.6 is 6.04 Å². The van der Waals surface area contributed by atoms with Gasteiger partial charge in [0, 0.05) is 16.6 Å². The number of rotatable bonds is 7. The van der Waals surface area contributed by atoms with E-state index in [4.69, 9.17) is 11.8 Å². The topological polar surface area (TPSA) is 0 Å². The average molecular weight is 463 g/mol. The van der Waals surface area contributed by atoms with Crippen LogP contribution in [0.5, 0.6) is 0 Å². The summed E-state index contributed by atoms with van der Waals surface area (Å²) in [4.78, 5) is 0. The molecule has 0 heterocycles. The third-order valence-corrected chi connectivity index (χ3v) is 11.5. The highest BCUT2D eigenvalue weighted by atomic mass is 32.4. The predicted octanol–water partition coefficient (Wildman–Crippen LogP) is 7.94. The molecular formula is C30H39PS. The molecule has 0 saturated heterocycles. The summed E-state index contributed by atoms with van der Waals surface area (Å²) >= 11 is 7.04. The Bertz CT molecular complexity index is 987. The molecule has 0 atom stereocenters. The van der Waals surface area contributed by atoms with Gasteiger partial charge >= 0.3 is 0 Å². The van der Waals surface area contributed by atoms with Gasteiger partial charge < -0.3 is 0 Å². The summed E-state index contributed by atoms with van der Waals surface area (Å²) in [6, 6.07) is 22.4. The second-order valence-electron chi connectivity index (χ2n) is 10.1. The zero-order valence-electron chi connectivity index (χ0n) is 21.0. The fraction of sp³-hybridized carbons (Fsp3) is 0.400. The van der Waals surface area contributed by atoms with Crippen molar-refractivity contribution in [3.63, 3.8) is 0 Å². The van der Waals surface area contributed by atoms with Gasteiger partial charge in [0.25, 0.3) is 0 Å². The summed E-state index contributed by atoms with van der Waals surface area (Å²) < 4.78 is 0. The second-order valence-corrected chi connectivity index (χ2v) is 14.4. The van der Waals surface area contributed by atoms with Crippen molar-refractivity contribution in [1.82, 2.24) is 0 Å². The molecule has 0 N–H and O–H groups in total. The Labute approximate surface area is 201 Å². The molecule has 0 unspecified atom stereocenters. The summed E-state index contributed by atoms with van der Waals surface area (Å²) in [6.45, 7) is 18.5. The summed E-state index contributed by atoms with van der Waals surface area (Å²) in [6.07, 6.45) is 0. The van der Waals surface area contributed by atoms with E-state index in [0.29, 0.717) is 23.7 Å². The van der Waals surface area contributed by atoms with Crippen molar-refractivity contribution >= 4 is 33.8 Å². The van der Waals surface area contributed by atoms with Crippen LogP contribution in [0.15, 0.2) is 66.7 Å². The summed E-state index contributed by atoms with van der Waals surface area (Å²) in [5.41, 5.74) is 5.65. The molecule has 0 aliphatic rings. The lowest BCUT2D eigenvalue weighted by molar-refractivity contribution is 0.843. The van der Waals surface area contributed by atoms with Gasteiger partial charge in [-0.1, -0.05) is 134 Å². The highest BCUT2D eigenvalue weighted by molar-refractivity contribution is 8.25. The van der Waals surface area contributed by atoms with E-state index in [9.17, 15) is 0 Å². The third-order valence-electron chi connectivity index (χ3n) is 6.43. The van der Waals surface area contributed by atoms with E-state index in [1.807, 2.05) is 0 Å². The maximum absolute atomic E-state index is 7.04. The minimum Gasteiger partial charge on any atom is -0.0826 e. The SMILES string of the molecule is CC(C)c1cccc(C(C)C)c1P(=S)(c1ccccc1)c1c(C(C)C)cccc1C(C)C. The predicted molar refractivity (Wildman–Crippen MR) is 149 cm³/mol. The summed E-state index contributed by atoms with van der Waals surface area (Å²) in [5.74, 6) is 1.68. The summed E-state index contributed by atoms with van der Waals surface area (Å²) in [7, 11) is 0. The highest BCUT2D eigenvalue weighted by Crippen LogP contribution is 2.50. The van der Waals surface area contributed by atoms with E-state index in [2.05, 4.69) is 122 Å². The van der Waals surface area contributed by atoms with Gasteiger partial charge in [-0.15, -0.1) is 0 Å². The van der Waals surface area contributed by atoms with Crippen molar-refractivity contribution in [2.75, 3.05) is 0 Å². The van der Waals surface area contributed by atoms with Crippen LogP contribution in [-0.4, -0.2) is 0 Å². The van der Waals surface area contributed by atoms with Crippen molar-refractivity contribution in [3.8, 4) is 0 Å². The Morgan fingerprint density at radius 2 is 0.781 bits per heavy atom. The summed E-state index contributed by atoms with van der Waals surface area (Å²) in [5, 5.41) is 4.17. The number of hydrogen-bond acceptors (Lipinski definition) is 1. The molecule has 3 aromatic carbocycles. The molecule has 0 radical (unpaired) electrons. The van der Waals surface area contributed by atoms with Crippen LogP contribution < -0.4 is 15.9 Å². The second kappa shape index (κ2) is 10.1. The van der Waals surface area contributed by atoms with Crippen molar-refractivity contribution in [2.24, 2.45) is 0 Å². The zero-order chi connectivity index (χ0) is 23.6. The van der Waals surface area contributed by atoms with E-state index in [1.54, 1.807) is 0 Å². The Kier molecular flexibility index (Phi) is 7.85. The van der Waals surface area contributed by atoms with Crippen LogP contribution in [0.25, 0.3) is 0 Å². The molecule has 0 saturated carbocycles. The van der Waals surface area contributed by atoms with E-state index in [-0.39, 0.29) is 0 Å². The lowest BCUT2D eigenvalue weighted by Gasteiger charge is -2.35. The Hall–Kier alpha value is -1.69. The lowest BCUT2D eigenvalue weighted by atomic mass is 9.95. The minimum absolute atomic E-state index is 0.420. The van der Waals surface area contributed by atoms with Crippen molar-refractivity contribution in [1.29, 1.82) is 0 Å². The largest absolute Gasteiger partial charge is 0.0826 e. The quantitative estimate of drug-likeness (QED) is 0.321. The van der Waals surface area contributed by atoms with Crippen LogP contribution in [-0.2, 0) is 11.8 Å². The fourth-order valence-corrected chi connectivity index (χ4v) is 10.5. The standard InChI is InChI=1S/C30H39PS/c1-20(2)25-16-12-17-26(21(3)4)29(25)31(32,24-14-10-9-11-15-24)30-27(22(5)6)18-13-19-28(30)23(7)8/h9-23H,1-8H3. The first-order valence-electron chi connectivity index (χ1n) is 12.0. The maximum atomic E-state index is 7.04. The van der Waals surface area contributed by atoms with E-state index in [1.165, 1.54) is 38.2 Å². The molecule has 0 spiro atoms. The first kappa shape index (κ1) is 24.9. The van der Waals surface area contributed by atoms with Gasteiger partial charge in [-0.05, 0) is 51.2 Å². The van der Waals surface area contributed by atoms with Crippen LogP contribution in [0.2, 0.25) is 0 Å². The van der Waals surface area contributed by atoms with Crippen molar-refractivity contribution in [2.45, 2.75) is 79.1 Å². The molecule has 0 aliphatic heterocycles. The van der Waals surface area contributed by atoms with Gasteiger partial charge in [0.2, 0.25) is 0 Å². The Balaban J connectivity index is 2.61. The number of benzene rings is 3. The van der Waals surface area contributed by atoms with Crippen LogP contribution in [0.3, 0.4) is 0 Å². The molecule has 2 heteroatoms. The van der Waals surface area contributed by atoms with Crippen LogP contribution in [0.4, 0.5) is 0 Å². The minimum atomic E-state index is -2.31. The van der Waals surface area contributed by atoms with Gasteiger partial charge in [-0.25, -0.2) is 0 Å². The van der Waals surface area contributed by atoms with Gasteiger partial charge in [0.15, 0.2) is 0 Å². The van der Waals surface area contributed by atoms with Crippen molar-refractivity contribution < 1.29 is 0 Å². The van der Waals surface area contributed by atoms with E-state index in [0.717, 1.165) is 0 Å². The normalized spacial score (nSPS) is 12.4. The molecule has 0 amide bonds. The molecule has 0 nitrogen and oxygen atoms in total.